The van der Waals surface area contributed by atoms with Gasteiger partial charge in [-0.3, -0.25) is 4.79 Å². The van der Waals surface area contributed by atoms with E-state index in [2.05, 4.69) is 15.7 Å². The molecule has 0 aliphatic rings. The van der Waals surface area contributed by atoms with Crippen LogP contribution >= 0.6 is 23.2 Å². The number of amides is 1. The first kappa shape index (κ1) is 16.8. The summed E-state index contributed by atoms with van der Waals surface area (Å²) in [5.74, 6) is 6.02. The van der Waals surface area contributed by atoms with Gasteiger partial charge in [-0.05, 0) is 26.8 Å². The number of rotatable bonds is 6. The molecule has 1 aromatic rings. The number of pyridine rings is 1. The number of carbonyl (C=O) groups excluding carboxylic acids is 1. The van der Waals surface area contributed by atoms with Gasteiger partial charge >= 0.3 is 0 Å². The Balaban J connectivity index is 2.97. The average Bonchev–Trinajstić information content (AvgIpc) is 2.35. The second-order valence-electron chi connectivity index (χ2n) is 4.50. The molecule has 0 spiro atoms. The second kappa shape index (κ2) is 7.52. The molecule has 112 valence electrons. The van der Waals surface area contributed by atoms with Gasteiger partial charge in [0.15, 0.2) is 5.82 Å². The molecule has 8 heteroatoms. The number of hydrogen-bond acceptors (Lipinski definition) is 5. The van der Waals surface area contributed by atoms with Crippen molar-refractivity contribution in [1.29, 1.82) is 0 Å². The molecule has 1 heterocycles. The molecule has 0 saturated carbocycles. The fourth-order valence-corrected chi connectivity index (χ4v) is 2.19. The highest BCUT2D eigenvalue weighted by Gasteiger charge is 2.17. The van der Waals surface area contributed by atoms with E-state index in [9.17, 15) is 4.79 Å². The van der Waals surface area contributed by atoms with Crippen LogP contribution in [0.1, 0.15) is 20.8 Å². The number of nitrogens with one attached hydrogen (secondary N) is 2. The van der Waals surface area contributed by atoms with Crippen molar-refractivity contribution in [2.45, 2.75) is 26.8 Å². The number of hydrogen-bond donors (Lipinski definition) is 3. The number of anilines is 2. The van der Waals surface area contributed by atoms with E-state index in [-0.39, 0.29) is 18.5 Å². The molecule has 4 N–H and O–H groups in total. The Morgan fingerprint density at radius 3 is 2.60 bits per heavy atom. The van der Waals surface area contributed by atoms with Crippen molar-refractivity contribution in [3.63, 3.8) is 0 Å². The predicted molar refractivity (Wildman–Crippen MR) is 83.2 cm³/mol. The number of aromatic nitrogens is 1. The van der Waals surface area contributed by atoms with E-state index in [0.29, 0.717) is 28.2 Å². The quantitative estimate of drug-likeness (QED) is 0.552. The zero-order valence-corrected chi connectivity index (χ0v) is 13.2. The monoisotopic (exact) mass is 319 g/mol. The van der Waals surface area contributed by atoms with E-state index in [1.54, 1.807) is 11.0 Å². The molecule has 0 bridgehead atoms. The van der Waals surface area contributed by atoms with Crippen LogP contribution in [0.4, 0.5) is 11.6 Å². The molecule has 0 aliphatic heterocycles. The minimum atomic E-state index is -0.100. The van der Waals surface area contributed by atoms with Gasteiger partial charge in [0.1, 0.15) is 5.82 Å². The number of likely N-dealkylation sites (N-methyl/N-ethyl adjacent to an activating group) is 1. The Kier molecular flexibility index (Phi) is 6.32. The van der Waals surface area contributed by atoms with Crippen molar-refractivity contribution in [3.8, 4) is 0 Å². The molecule has 0 saturated heterocycles. The fourth-order valence-electron chi connectivity index (χ4n) is 1.66. The lowest BCUT2D eigenvalue weighted by molar-refractivity contribution is -0.120. The summed E-state index contributed by atoms with van der Waals surface area (Å²) >= 11 is 12.1. The zero-order valence-electron chi connectivity index (χ0n) is 11.7. The topological polar surface area (TPSA) is 83.3 Å². The van der Waals surface area contributed by atoms with E-state index >= 15 is 0 Å². The van der Waals surface area contributed by atoms with E-state index in [0.717, 1.165) is 0 Å². The van der Waals surface area contributed by atoms with Crippen molar-refractivity contribution >= 4 is 40.7 Å². The van der Waals surface area contributed by atoms with Crippen molar-refractivity contribution in [2.24, 2.45) is 5.84 Å². The van der Waals surface area contributed by atoms with Crippen LogP contribution in [-0.2, 0) is 4.79 Å². The summed E-state index contributed by atoms with van der Waals surface area (Å²) in [6, 6.07) is 1.63. The van der Waals surface area contributed by atoms with E-state index in [4.69, 9.17) is 29.0 Å². The smallest absolute Gasteiger partial charge is 0.239 e. The number of nitrogen functional groups attached to an aromatic ring is 1. The minimum absolute atomic E-state index is 0.0797. The average molecular weight is 320 g/mol. The highest BCUT2D eigenvalue weighted by atomic mass is 35.5. The Labute approximate surface area is 128 Å². The van der Waals surface area contributed by atoms with Gasteiger partial charge in [0.05, 0.1) is 16.6 Å². The maximum absolute atomic E-state index is 11.8. The largest absolute Gasteiger partial charge is 0.352 e. The Morgan fingerprint density at radius 1 is 1.45 bits per heavy atom. The van der Waals surface area contributed by atoms with Gasteiger partial charge in [-0.1, -0.05) is 23.2 Å². The third-order valence-corrected chi connectivity index (χ3v) is 3.08. The zero-order chi connectivity index (χ0) is 15.3. The van der Waals surface area contributed by atoms with Crippen LogP contribution in [0.3, 0.4) is 0 Å². The number of carbonyl (C=O) groups is 1. The molecule has 1 aromatic heterocycles. The summed E-state index contributed by atoms with van der Waals surface area (Å²) in [6.07, 6.45) is 0. The van der Waals surface area contributed by atoms with Crippen molar-refractivity contribution in [1.82, 2.24) is 10.3 Å². The first-order valence-electron chi connectivity index (χ1n) is 6.26. The highest BCUT2D eigenvalue weighted by molar-refractivity contribution is 6.37. The Morgan fingerprint density at radius 2 is 2.10 bits per heavy atom. The molecule has 6 nitrogen and oxygen atoms in total. The lowest BCUT2D eigenvalue weighted by Gasteiger charge is -2.23. The molecular weight excluding hydrogens is 301 g/mol. The number of nitrogens with zero attached hydrogens (tertiary/aromatic N) is 2. The standard InChI is InChI=1S/C12H19Cl2N5O/c1-4-19(6-10(20)16-7(2)3)12-9(14)5-8(13)11(17-12)18-15/h5,7H,4,6,15H2,1-3H3,(H,16,20)(H,17,18). The van der Waals surface area contributed by atoms with Crippen LogP contribution in [0, 0.1) is 0 Å². The number of nitrogens with two attached hydrogens (primary N) is 1. The molecule has 20 heavy (non-hydrogen) atoms. The van der Waals surface area contributed by atoms with Crippen molar-refractivity contribution < 1.29 is 4.79 Å². The molecule has 0 radical (unpaired) electrons. The molecule has 0 atom stereocenters. The fraction of sp³-hybridized carbons (Fsp3) is 0.500. The first-order valence-corrected chi connectivity index (χ1v) is 7.01. The van der Waals surface area contributed by atoms with Crippen LogP contribution in [0.2, 0.25) is 10.0 Å². The van der Waals surface area contributed by atoms with Crippen LogP contribution in [0.25, 0.3) is 0 Å². The van der Waals surface area contributed by atoms with Crippen LogP contribution in [0.15, 0.2) is 6.07 Å². The van der Waals surface area contributed by atoms with Crippen LogP contribution < -0.4 is 21.5 Å². The summed E-state index contributed by atoms with van der Waals surface area (Å²) in [6.45, 7) is 6.44. The van der Waals surface area contributed by atoms with Gasteiger partial charge < -0.3 is 15.6 Å². The van der Waals surface area contributed by atoms with Gasteiger partial charge in [-0.2, -0.15) is 0 Å². The summed E-state index contributed by atoms with van der Waals surface area (Å²) in [5, 5.41) is 3.51. The van der Waals surface area contributed by atoms with E-state index < -0.39 is 0 Å². The van der Waals surface area contributed by atoms with Gasteiger partial charge in [0, 0.05) is 12.6 Å². The third kappa shape index (κ3) is 4.40. The van der Waals surface area contributed by atoms with E-state index in [1.165, 1.54) is 0 Å². The lowest BCUT2D eigenvalue weighted by atomic mass is 10.3. The maximum atomic E-state index is 11.8. The van der Waals surface area contributed by atoms with Crippen LogP contribution in [0.5, 0.6) is 0 Å². The second-order valence-corrected chi connectivity index (χ2v) is 5.32. The third-order valence-electron chi connectivity index (χ3n) is 2.51. The van der Waals surface area contributed by atoms with Gasteiger partial charge in [-0.15, -0.1) is 0 Å². The first-order chi connectivity index (χ1) is 9.38. The lowest BCUT2D eigenvalue weighted by Crippen LogP contribution is -2.40. The molecule has 0 aromatic carbocycles. The highest BCUT2D eigenvalue weighted by Crippen LogP contribution is 2.30. The van der Waals surface area contributed by atoms with Gasteiger partial charge in [0.25, 0.3) is 0 Å². The van der Waals surface area contributed by atoms with Gasteiger partial charge in [0.2, 0.25) is 5.91 Å². The summed E-state index contributed by atoms with van der Waals surface area (Å²) in [4.78, 5) is 17.8. The maximum Gasteiger partial charge on any atom is 0.239 e. The molecule has 0 unspecified atom stereocenters. The molecule has 0 fully saturated rings. The van der Waals surface area contributed by atoms with Gasteiger partial charge in [-0.25, -0.2) is 10.8 Å². The number of hydrazine groups is 1. The number of halogens is 2. The minimum Gasteiger partial charge on any atom is -0.352 e. The van der Waals surface area contributed by atoms with Crippen molar-refractivity contribution in [2.75, 3.05) is 23.4 Å². The molecule has 1 rings (SSSR count). The van der Waals surface area contributed by atoms with Crippen LogP contribution in [-0.4, -0.2) is 30.0 Å². The normalized spacial score (nSPS) is 10.6. The summed E-state index contributed by atoms with van der Waals surface area (Å²) < 4.78 is 0. The molecule has 1 amide bonds. The Hall–Kier alpha value is -1.24. The van der Waals surface area contributed by atoms with Crippen molar-refractivity contribution in [3.05, 3.63) is 16.1 Å². The summed E-state index contributed by atoms with van der Waals surface area (Å²) in [7, 11) is 0. The molecule has 0 aliphatic carbocycles. The predicted octanol–water partition coefficient (Wildman–Crippen LogP) is 2.02. The van der Waals surface area contributed by atoms with E-state index in [1.807, 2.05) is 20.8 Å². The SMILES string of the molecule is CCN(CC(=O)NC(C)C)c1nc(NN)c(Cl)cc1Cl. The molecular formula is C12H19Cl2N5O. The Bertz CT molecular complexity index is 481. The summed E-state index contributed by atoms with van der Waals surface area (Å²) in [5.41, 5.74) is 2.40.